The first kappa shape index (κ1) is 33.9. The zero-order valence-corrected chi connectivity index (χ0v) is 30.8. The Morgan fingerprint density at radius 1 is 0.397 bits per heavy atom. The Morgan fingerprint density at radius 3 is 1.45 bits per heavy atom. The van der Waals surface area contributed by atoms with E-state index in [9.17, 15) is 10.5 Å². The van der Waals surface area contributed by atoms with Crippen LogP contribution in [0.3, 0.4) is 0 Å². The molecular formula is C52H28N6. The monoisotopic (exact) mass is 736 g/mol. The van der Waals surface area contributed by atoms with Gasteiger partial charge >= 0.3 is 0 Å². The van der Waals surface area contributed by atoms with E-state index in [0.29, 0.717) is 22.5 Å². The number of fused-ring (bicyclic) bond motifs is 6. The quantitative estimate of drug-likeness (QED) is 0.165. The minimum absolute atomic E-state index is 0.465. The minimum Gasteiger partial charge on any atom is -0.308 e. The van der Waals surface area contributed by atoms with E-state index in [2.05, 4.69) is 104 Å². The van der Waals surface area contributed by atoms with Gasteiger partial charge in [-0.1, -0.05) is 91.0 Å². The third-order valence-corrected chi connectivity index (χ3v) is 11.0. The van der Waals surface area contributed by atoms with Crippen LogP contribution in [0.15, 0.2) is 170 Å². The van der Waals surface area contributed by atoms with Crippen LogP contribution in [0.5, 0.6) is 0 Å². The second-order valence-corrected chi connectivity index (χ2v) is 14.2. The highest BCUT2D eigenvalue weighted by molar-refractivity contribution is 6.13. The van der Waals surface area contributed by atoms with Gasteiger partial charge in [0, 0.05) is 21.5 Å². The summed E-state index contributed by atoms with van der Waals surface area (Å²) in [5, 5.41) is 23.7. The molecule has 0 radical (unpaired) electrons. The molecule has 58 heavy (non-hydrogen) atoms. The maximum absolute atomic E-state index is 9.85. The maximum atomic E-state index is 9.85. The number of nitriles is 2. The van der Waals surface area contributed by atoms with E-state index < -0.39 is 0 Å². The number of aromatic nitrogens is 2. The second-order valence-electron chi connectivity index (χ2n) is 14.2. The van der Waals surface area contributed by atoms with E-state index >= 15 is 0 Å². The second kappa shape index (κ2) is 13.6. The fraction of sp³-hybridized carbons (Fsp3) is 0. The Hall–Kier alpha value is -8.68. The Bertz CT molecular complexity index is 3520. The van der Waals surface area contributed by atoms with Gasteiger partial charge in [0.15, 0.2) is 11.4 Å². The largest absolute Gasteiger partial charge is 0.308 e. The number of rotatable bonds is 5. The van der Waals surface area contributed by atoms with Gasteiger partial charge in [0.2, 0.25) is 0 Å². The average Bonchev–Trinajstić information content (AvgIpc) is 3.80. The molecular weight excluding hydrogens is 709 g/mol. The van der Waals surface area contributed by atoms with E-state index in [1.807, 2.05) is 91.0 Å². The first-order valence-corrected chi connectivity index (χ1v) is 18.7. The van der Waals surface area contributed by atoms with Crippen molar-refractivity contribution in [2.24, 2.45) is 0 Å². The first-order valence-electron chi connectivity index (χ1n) is 18.7. The van der Waals surface area contributed by atoms with Crippen LogP contribution in [-0.2, 0) is 0 Å². The first-order chi connectivity index (χ1) is 28.6. The molecule has 0 bridgehead atoms. The number of nitrogens with zero attached hydrogens (tertiary/aromatic N) is 6. The fourth-order valence-electron chi connectivity index (χ4n) is 8.35. The molecule has 0 spiro atoms. The summed E-state index contributed by atoms with van der Waals surface area (Å²) < 4.78 is 4.54. The molecule has 0 N–H and O–H groups in total. The van der Waals surface area contributed by atoms with Gasteiger partial charge in [-0.2, -0.15) is 10.5 Å². The summed E-state index contributed by atoms with van der Waals surface area (Å²) in [4.78, 5) is 7.78. The van der Waals surface area contributed by atoms with Crippen LogP contribution >= 0.6 is 0 Å². The lowest BCUT2D eigenvalue weighted by atomic mass is 9.99. The van der Waals surface area contributed by atoms with Gasteiger partial charge in [-0.05, 0) is 112 Å². The van der Waals surface area contributed by atoms with Crippen molar-refractivity contribution < 1.29 is 0 Å². The number of para-hydroxylation sites is 2. The molecule has 0 fully saturated rings. The molecule has 2 aromatic heterocycles. The van der Waals surface area contributed by atoms with Gasteiger partial charge in [0.1, 0.15) is 0 Å². The zero-order valence-electron chi connectivity index (χ0n) is 30.8. The highest BCUT2D eigenvalue weighted by atomic mass is 15.1. The van der Waals surface area contributed by atoms with Gasteiger partial charge in [-0.15, -0.1) is 0 Å². The van der Waals surface area contributed by atoms with Crippen LogP contribution in [-0.4, -0.2) is 9.13 Å². The number of benzene rings is 8. The lowest BCUT2D eigenvalue weighted by Crippen LogP contribution is -2.04. The van der Waals surface area contributed by atoms with Gasteiger partial charge < -0.3 is 9.13 Å². The van der Waals surface area contributed by atoms with Crippen molar-refractivity contribution in [2.75, 3.05) is 0 Å². The lowest BCUT2D eigenvalue weighted by molar-refractivity contribution is 1.10. The molecule has 0 aliphatic carbocycles. The van der Waals surface area contributed by atoms with Crippen molar-refractivity contribution in [1.82, 2.24) is 9.13 Å². The predicted octanol–water partition coefficient (Wildman–Crippen LogP) is 13.7. The summed E-state index contributed by atoms with van der Waals surface area (Å²) in [7, 11) is 0. The van der Waals surface area contributed by atoms with Crippen molar-refractivity contribution >= 4 is 55.0 Å². The summed E-state index contributed by atoms with van der Waals surface area (Å²) in [6.07, 6.45) is 0. The fourth-order valence-corrected chi connectivity index (χ4v) is 8.35. The molecule has 10 aromatic rings. The third-order valence-electron chi connectivity index (χ3n) is 11.0. The van der Waals surface area contributed by atoms with Crippen LogP contribution in [0.2, 0.25) is 0 Å². The third kappa shape index (κ3) is 5.38. The Morgan fingerprint density at radius 2 is 0.879 bits per heavy atom. The summed E-state index contributed by atoms with van der Waals surface area (Å²) in [5.41, 5.74) is 13.3. The topological polar surface area (TPSA) is 66.2 Å². The highest BCUT2D eigenvalue weighted by Gasteiger charge is 2.23. The van der Waals surface area contributed by atoms with Crippen molar-refractivity contribution in [2.45, 2.75) is 0 Å². The molecule has 0 saturated heterocycles. The zero-order chi connectivity index (χ0) is 39.3. The van der Waals surface area contributed by atoms with Crippen LogP contribution in [0.25, 0.3) is 98.1 Å². The van der Waals surface area contributed by atoms with Crippen LogP contribution < -0.4 is 0 Å². The smallest absolute Gasteiger partial charge is 0.197 e. The van der Waals surface area contributed by atoms with Crippen molar-refractivity contribution in [3.8, 4) is 56.9 Å². The molecule has 2 heterocycles. The molecule has 0 aliphatic rings. The minimum atomic E-state index is 0.465. The summed E-state index contributed by atoms with van der Waals surface area (Å²) in [5.74, 6) is 0. The standard InChI is InChI=1S/C52H28N6/c1-55-40-15-9-13-36(26-40)38-21-23-49-45(28-38)41-16-3-5-18-47(41)57(49)51-29-43(39-14-8-11-34(25-39)32-54)46(56-2)30-52(51)58-48-19-6-4-17-42(48)44-27-37(20-22-50(44)58)35-12-7-10-33(24-35)31-53/h3-30H. The van der Waals surface area contributed by atoms with Crippen molar-refractivity contribution in [1.29, 1.82) is 10.5 Å². The summed E-state index contributed by atoms with van der Waals surface area (Å²) in [6.45, 7) is 16.1. The lowest BCUT2D eigenvalue weighted by Gasteiger charge is -2.20. The Balaban J connectivity index is 1.31. The number of hydrogen-bond acceptors (Lipinski definition) is 2. The normalized spacial score (nSPS) is 11.0. The van der Waals surface area contributed by atoms with E-state index in [4.69, 9.17) is 13.1 Å². The molecule has 10 rings (SSSR count). The Kier molecular flexibility index (Phi) is 7.92. The molecule has 0 saturated carbocycles. The van der Waals surface area contributed by atoms with E-state index in [1.165, 1.54) is 0 Å². The van der Waals surface area contributed by atoms with E-state index in [0.717, 1.165) is 88.4 Å². The molecule has 6 nitrogen and oxygen atoms in total. The molecule has 0 unspecified atom stereocenters. The van der Waals surface area contributed by atoms with E-state index in [1.54, 1.807) is 6.07 Å². The van der Waals surface area contributed by atoms with Crippen LogP contribution in [0.4, 0.5) is 11.4 Å². The van der Waals surface area contributed by atoms with Crippen LogP contribution in [0, 0.1) is 35.8 Å². The average molecular weight is 737 g/mol. The summed E-state index contributed by atoms with van der Waals surface area (Å²) in [6, 6.07) is 61.0. The van der Waals surface area contributed by atoms with E-state index in [-0.39, 0.29) is 0 Å². The molecule has 8 aromatic carbocycles. The molecule has 266 valence electrons. The van der Waals surface area contributed by atoms with Crippen LogP contribution in [0.1, 0.15) is 11.1 Å². The Labute approximate surface area is 334 Å². The predicted molar refractivity (Wildman–Crippen MR) is 233 cm³/mol. The SMILES string of the molecule is [C-]#[N+]c1cccc(-c2ccc3c(c2)c2ccccc2n3-c2cc(-c3cccc(C#N)c3)c([N+]#[C-])cc2-n2c3ccccc3c3cc(-c4cccc(C#N)c4)ccc32)c1. The molecule has 0 amide bonds. The van der Waals surface area contributed by atoms with Crippen molar-refractivity contribution in [3.63, 3.8) is 0 Å². The maximum Gasteiger partial charge on any atom is 0.197 e. The van der Waals surface area contributed by atoms with Gasteiger partial charge in [-0.25, -0.2) is 9.69 Å². The molecule has 0 aliphatic heterocycles. The molecule has 6 heteroatoms. The van der Waals surface area contributed by atoms with Gasteiger partial charge in [0.25, 0.3) is 0 Å². The molecule has 0 atom stereocenters. The van der Waals surface area contributed by atoms with Crippen molar-refractivity contribution in [3.05, 3.63) is 204 Å². The van der Waals surface area contributed by atoms with Gasteiger partial charge in [-0.3, -0.25) is 0 Å². The number of hydrogen-bond donors (Lipinski definition) is 0. The van der Waals surface area contributed by atoms with Gasteiger partial charge in [0.05, 0.1) is 69.9 Å². The summed E-state index contributed by atoms with van der Waals surface area (Å²) >= 11 is 0. The highest BCUT2D eigenvalue weighted by Crippen LogP contribution is 2.44.